The second-order valence-electron chi connectivity index (χ2n) is 9.95. The number of hydrogen-bond acceptors (Lipinski definition) is 12. The van der Waals surface area contributed by atoms with Gasteiger partial charge in [-0.25, -0.2) is 4.98 Å². The molecular weight excluding hydrogens is 631 g/mol. The number of carbonyl (C=O) groups excluding carboxylic acids is 2. The summed E-state index contributed by atoms with van der Waals surface area (Å²) in [5.74, 6) is 3.21. The Balaban J connectivity index is 1.37. The first kappa shape index (κ1) is 30.8. The molecule has 0 saturated carbocycles. The molecule has 6 rings (SSSR count). The van der Waals surface area contributed by atoms with Crippen molar-refractivity contribution < 1.29 is 28.5 Å². The van der Waals surface area contributed by atoms with Crippen molar-refractivity contribution in [3.63, 3.8) is 0 Å². The third kappa shape index (κ3) is 7.19. The zero-order valence-electron chi connectivity index (χ0n) is 24.4. The number of thiophene rings is 2. The number of pyridine rings is 3. The smallest absolute Gasteiger partial charge is 0.298 e. The SMILES string of the molecule is CCCCCSc1ccc(-c2sc(-c3ccnc(-c4cc(OC=O)cc(-c5cc(OC=O)ccn5)n4)c3)c3c2OCCCO3)s1. The molecule has 0 radical (unpaired) electrons. The topological polar surface area (TPSA) is 110 Å². The van der Waals surface area contributed by atoms with Gasteiger partial charge in [0.05, 0.1) is 50.0 Å². The molecule has 12 heteroatoms. The van der Waals surface area contributed by atoms with Crippen molar-refractivity contribution in [1.82, 2.24) is 15.0 Å². The maximum Gasteiger partial charge on any atom is 0.298 e. The lowest BCUT2D eigenvalue weighted by Crippen LogP contribution is -1.98. The van der Waals surface area contributed by atoms with Crippen LogP contribution in [0.1, 0.15) is 32.6 Å². The number of aromatic nitrogens is 3. The molecule has 45 heavy (non-hydrogen) atoms. The normalized spacial score (nSPS) is 12.4. The van der Waals surface area contributed by atoms with E-state index in [9.17, 15) is 9.59 Å². The van der Waals surface area contributed by atoms with Crippen molar-refractivity contribution in [2.75, 3.05) is 19.0 Å². The summed E-state index contributed by atoms with van der Waals surface area (Å²) in [6.45, 7) is 4.07. The van der Waals surface area contributed by atoms with E-state index < -0.39 is 0 Å². The minimum atomic E-state index is 0.269. The summed E-state index contributed by atoms with van der Waals surface area (Å²) >= 11 is 5.32. The van der Waals surface area contributed by atoms with Crippen LogP contribution in [0.15, 0.2) is 65.1 Å². The van der Waals surface area contributed by atoms with E-state index in [4.69, 9.17) is 23.9 Å². The standard InChI is InChI=1S/C33H29N3O6S3/c1-2-3-4-14-43-29-7-6-28(44-29)33-31-30(39-12-5-13-40-31)32(45-33)21-8-10-34-24(15-21)26-17-23(42-20-38)18-27(36-26)25-16-22(41-19-37)9-11-35-25/h6-11,15-20H,2-5,12-14H2,1H3. The van der Waals surface area contributed by atoms with Crippen LogP contribution in [0.4, 0.5) is 0 Å². The molecule has 230 valence electrons. The number of carbonyl (C=O) groups is 2. The summed E-state index contributed by atoms with van der Waals surface area (Å²) in [6.07, 6.45) is 7.70. The van der Waals surface area contributed by atoms with Crippen LogP contribution in [0.25, 0.3) is 43.0 Å². The van der Waals surface area contributed by atoms with Gasteiger partial charge >= 0.3 is 0 Å². The lowest BCUT2D eigenvalue weighted by atomic mass is 10.1. The Labute approximate surface area is 272 Å². The molecule has 6 heterocycles. The van der Waals surface area contributed by atoms with Gasteiger partial charge in [-0.2, -0.15) is 0 Å². The van der Waals surface area contributed by atoms with Crippen molar-refractivity contribution in [2.45, 2.75) is 36.8 Å². The van der Waals surface area contributed by atoms with Gasteiger partial charge in [0, 0.05) is 41.9 Å². The average molecular weight is 660 g/mol. The minimum Gasteiger partial charge on any atom is -0.488 e. The molecule has 0 aliphatic carbocycles. The third-order valence-electron chi connectivity index (χ3n) is 6.85. The molecule has 1 aliphatic rings. The monoisotopic (exact) mass is 659 g/mol. The summed E-state index contributed by atoms with van der Waals surface area (Å²) in [5, 5.41) is 0. The molecule has 5 aromatic heterocycles. The van der Waals surface area contributed by atoms with Crippen molar-refractivity contribution in [2.24, 2.45) is 0 Å². The summed E-state index contributed by atoms with van der Waals surface area (Å²) < 4.78 is 24.0. The van der Waals surface area contributed by atoms with Crippen LogP contribution in [0.5, 0.6) is 23.0 Å². The van der Waals surface area contributed by atoms with Crippen LogP contribution in [0.2, 0.25) is 0 Å². The molecule has 5 aromatic rings. The molecule has 0 N–H and O–H groups in total. The maximum atomic E-state index is 11.3. The summed E-state index contributed by atoms with van der Waals surface area (Å²) in [4.78, 5) is 39.0. The van der Waals surface area contributed by atoms with Gasteiger partial charge in [-0.1, -0.05) is 19.8 Å². The Morgan fingerprint density at radius 1 is 0.800 bits per heavy atom. The number of ether oxygens (including phenoxy) is 4. The number of thioether (sulfide) groups is 1. The van der Waals surface area contributed by atoms with Gasteiger partial charge in [0.15, 0.2) is 11.5 Å². The molecule has 0 spiro atoms. The van der Waals surface area contributed by atoms with E-state index in [0.717, 1.165) is 43.9 Å². The molecule has 0 atom stereocenters. The number of fused-ring (bicyclic) bond motifs is 1. The summed E-state index contributed by atoms with van der Waals surface area (Å²) in [7, 11) is 0. The van der Waals surface area contributed by atoms with E-state index >= 15 is 0 Å². The zero-order chi connectivity index (χ0) is 31.0. The van der Waals surface area contributed by atoms with E-state index in [1.807, 2.05) is 23.9 Å². The first-order valence-electron chi connectivity index (χ1n) is 14.5. The Morgan fingerprint density at radius 3 is 2.24 bits per heavy atom. The molecule has 9 nitrogen and oxygen atoms in total. The quantitative estimate of drug-likeness (QED) is 0.0697. The van der Waals surface area contributed by atoms with Gasteiger partial charge in [0.25, 0.3) is 12.9 Å². The molecule has 0 amide bonds. The highest BCUT2D eigenvalue weighted by Crippen LogP contribution is 2.55. The van der Waals surface area contributed by atoms with Crippen molar-refractivity contribution in [3.05, 3.63) is 60.9 Å². The van der Waals surface area contributed by atoms with E-state index in [1.54, 1.807) is 53.1 Å². The second-order valence-corrected chi connectivity index (χ2v) is 13.5. The fourth-order valence-corrected chi connectivity index (χ4v) is 8.25. The minimum absolute atomic E-state index is 0.269. The van der Waals surface area contributed by atoms with Crippen molar-refractivity contribution >= 4 is 47.4 Å². The van der Waals surface area contributed by atoms with Crippen LogP contribution >= 0.6 is 34.4 Å². The predicted molar refractivity (Wildman–Crippen MR) is 177 cm³/mol. The molecule has 0 bridgehead atoms. The number of unbranched alkanes of at least 4 members (excludes halogenated alkanes) is 2. The van der Waals surface area contributed by atoms with Crippen LogP contribution in [-0.2, 0) is 9.59 Å². The maximum absolute atomic E-state index is 11.3. The summed E-state index contributed by atoms with van der Waals surface area (Å²) in [5.41, 5.74) is 2.77. The Hall–Kier alpha value is -4.26. The van der Waals surface area contributed by atoms with Crippen LogP contribution in [-0.4, -0.2) is 46.9 Å². The largest absolute Gasteiger partial charge is 0.488 e. The number of rotatable bonds is 13. The van der Waals surface area contributed by atoms with E-state index in [-0.39, 0.29) is 5.75 Å². The molecule has 0 fully saturated rings. The van der Waals surface area contributed by atoms with Gasteiger partial charge in [0.2, 0.25) is 0 Å². The van der Waals surface area contributed by atoms with Gasteiger partial charge in [0.1, 0.15) is 11.5 Å². The Morgan fingerprint density at radius 2 is 1.49 bits per heavy atom. The molecule has 0 unspecified atom stereocenters. The van der Waals surface area contributed by atoms with Crippen LogP contribution in [0.3, 0.4) is 0 Å². The molecule has 1 aliphatic heterocycles. The van der Waals surface area contributed by atoms with Gasteiger partial charge in [-0.3, -0.25) is 19.6 Å². The predicted octanol–water partition coefficient (Wildman–Crippen LogP) is 8.18. The van der Waals surface area contributed by atoms with Gasteiger partial charge < -0.3 is 18.9 Å². The lowest BCUT2D eigenvalue weighted by Gasteiger charge is -2.10. The molecule has 0 aromatic carbocycles. The highest BCUT2D eigenvalue weighted by Gasteiger charge is 2.26. The van der Waals surface area contributed by atoms with Gasteiger partial charge in [-0.05, 0) is 48.1 Å². The number of hydrogen-bond donors (Lipinski definition) is 0. The molecular formula is C33H29N3O6S3. The van der Waals surface area contributed by atoms with E-state index in [0.29, 0.717) is 54.7 Å². The van der Waals surface area contributed by atoms with Crippen LogP contribution < -0.4 is 18.9 Å². The second kappa shape index (κ2) is 14.7. The van der Waals surface area contributed by atoms with Crippen molar-refractivity contribution in [3.8, 4) is 66.0 Å². The first-order valence-corrected chi connectivity index (χ1v) is 17.1. The Kier molecular flexibility index (Phi) is 10.0. The fourth-order valence-electron chi connectivity index (χ4n) is 4.75. The van der Waals surface area contributed by atoms with Gasteiger partial charge in [-0.15, -0.1) is 34.4 Å². The highest BCUT2D eigenvalue weighted by molar-refractivity contribution is 8.01. The average Bonchev–Trinajstić information content (AvgIpc) is 3.60. The number of nitrogens with zero attached hydrogens (tertiary/aromatic N) is 3. The van der Waals surface area contributed by atoms with Crippen molar-refractivity contribution in [1.29, 1.82) is 0 Å². The molecule has 0 saturated heterocycles. The fraction of sp³-hybridized carbons (Fsp3) is 0.242. The zero-order valence-corrected chi connectivity index (χ0v) is 26.8. The highest BCUT2D eigenvalue weighted by atomic mass is 32.2. The van der Waals surface area contributed by atoms with E-state index in [1.165, 1.54) is 29.7 Å². The lowest BCUT2D eigenvalue weighted by molar-refractivity contribution is -0.121. The third-order valence-corrected chi connectivity index (χ3v) is 10.6. The summed E-state index contributed by atoms with van der Waals surface area (Å²) in [6, 6.07) is 14.6. The Bertz CT molecular complexity index is 1800. The van der Waals surface area contributed by atoms with Crippen LogP contribution in [0, 0.1) is 0 Å². The first-order chi connectivity index (χ1) is 22.2. The van der Waals surface area contributed by atoms with E-state index in [2.05, 4.69) is 29.0 Å².